The molecule has 7 heteroatoms. The third-order valence-corrected chi connectivity index (χ3v) is 7.04. The molecule has 5 rings (SSSR count). The van der Waals surface area contributed by atoms with Crippen molar-refractivity contribution in [2.75, 3.05) is 59.3 Å². The molecule has 3 fully saturated rings. The highest BCUT2D eigenvalue weighted by molar-refractivity contribution is 5.79. The van der Waals surface area contributed by atoms with Gasteiger partial charge in [-0.1, -0.05) is 6.07 Å². The number of fused-ring (bicyclic) bond motifs is 1. The number of benzene rings is 1. The van der Waals surface area contributed by atoms with Crippen molar-refractivity contribution in [3.05, 3.63) is 23.8 Å². The molecular formula is C23H33N3O4. The van der Waals surface area contributed by atoms with Gasteiger partial charge in [0, 0.05) is 32.2 Å². The molecule has 1 unspecified atom stereocenters. The first-order valence-electron chi connectivity index (χ1n) is 11.5. The Balaban J connectivity index is 1.11. The normalized spacial score (nSPS) is 26.1. The monoisotopic (exact) mass is 415 g/mol. The van der Waals surface area contributed by atoms with Crippen LogP contribution in [0.15, 0.2) is 18.2 Å². The van der Waals surface area contributed by atoms with Crippen LogP contribution in [-0.4, -0.2) is 85.9 Å². The van der Waals surface area contributed by atoms with Crippen molar-refractivity contribution in [1.82, 2.24) is 14.7 Å². The zero-order valence-electron chi connectivity index (χ0n) is 17.8. The standard InChI is InChI=1S/C23H33N3O4/c27-23(25-10-12-28-13-11-25)19-2-1-7-26(16-19)20-5-8-24(9-6-20)15-18-3-4-21-22(14-18)30-17-29-21/h3-4,14,19-20H,1-2,5-13,15-17H2. The molecule has 1 amide bonds. The highest BCUT2D eigenvalue weighted by Crippen LogP contribution is 2.33. The second-order valence-corrected chi connectivity index (χ2v) is 8.97. The maximum atomic E-state index is 12.9. The fourth-order valence-corrected chi connectivity index (χ4v) is 5.32. The molecule has 0 radical (unpaired) electrons. The van der Waals surface area contributed by atoms with E-state index in [0.29, 0.717) is 32.0 Å². The molecule has 0 N–H and O–H groups in total. The maximum Gasteiger partial charge on any atom is 0.231 e. The van der Waals surface area contributed by atoms with Crippen molar-refractivity contribution in [3.63, 3.8) is 0 Å². The molecule has 3 saturated heterocycles. The smallest absolute Gasteiger partial charge is 0.231 e. The van der Waals surface area contributed by atoms with Crippen LogP contribution in [0.4, 0.5) is 0 Å². The number of likely N-dealkylation sites (tertiary alicyclic amines) is 2. The lowest BCUT2D eigenvalue weighted by molar-refractivity contribution is -0.142. The zero-order chi connectivity index (χ0) is 20.3. The number of rotatable bonds is 4. The van der Waals surface area contributed by atoms with Gasteiger partial charge in [-0.25, -0.2) is 0 Å². The topological polar surface area (TPSA) is 54.5 Å². The number of amides is 1. The van der Waals surface area contributed by atoms with Gasteiger partial charge in [-0.05, 0) is 63.0 Å². The molecule has 0 saturated carbocycles. The molecule has 0 aromatic heterocycles. The summed E-state index contributed by atoms with van der Waals surface area (Å²) >= 11 is 0. The first kappa shape index (κ1) is 20.1. The van der Waals surface area contributed by atoms with Gasteiger partial charge in [-0.3, -0.25) is 14.6 Å². The quantitative estimate of drug-likeness (QED) is 0.749. The molecular weight excluding hydrogens is 382 g/mol. The van der Waals surface area contributed by atoms with E-state index in [1.165, 1.54) is 18.4 Å². The Hall–Kier alpha value is -1.83. The average Bonchev–Trinajstić information content (AvgIpc) is 3.28. The minimum atomic E-state index is 0.170. The van der Waals surface area contributed by atoms with Crippen LogP contribution in [0.2, 0.25) is 0 Å². The summed E-state index contributed by atoms with van der Waals surface area (Å²) in [5, 5.41) is 0. The lowest BCUT2D eigenvalue weighted by Crippen LogP contribution is -2.52. The van der Waals surface area contributed by atoms with Gasteiger partial charge in [-0.2, -0.15) is 0 Å². The summed E-state index contributed by atoms with van der Waals surface area (Å²) in [6.45, 7) is 8.46. The van der Waals surface area contributed by atoms with Gasteiger partial charge in [0.15, 0.2) is 11.5 Å². The van der Waals surface area contributed by atoms with Crippen LogP contribution < -0.4 is 9.47 Å². The van der Waals surface area contributed by atoms with Gasteiger partial charge in [0.2, 0.25) is 12.7 Å². The number of piperidine rings is 2. The number of morpholine rings is 1. The lowest BCUT2D eigenvalue weighted by Gasteiger charge is -2.43. The van der Waals surface area contributed by atoms with Gasteiger partial charge in [0.1, 0.15) is 0 Å². The molecule has 4 heterocycles. The Kier molecular flexibility index (Phi) is 6.11. The van der Waals surface area contributed by atoms with Crippen LogP contribution in [0, 0.1) is 5.92 Å². The van der Waals surface area contributed by atoms with Gasteiger partial charge >= 0.3 is 0 Å². The molecule has 0 spiro atoms. The molecule has 4 aliphatic heterocycles. The van der Waals surface area contributed by atoms with Crippen molar-refractivity contribution in [2.45, 2.75) is 38.3 Å². The zero-order valence-corrected chi connectivity index (χ0v) is 17.8. The summed E-state index contributed by atoms with van der Waals surface area (Å²) in [5.74, 6) is 2.24. The van der Waals surface area contributed by atoms with Crippen molar-refractivity contribution in [2.24, 2.45) is 5.92 Å². The average molecular weight is 416 g/mol. The summed E-state index contributed by atoms with van der Waals surface area (Å²) in [6, 6.07) is 6.88. The fraction of sp³-hybridized carbons (Fsp3) is 0.696. The van der Waals surface area contributed by atoms with E-state index in [-0.39, 0.29) is 5.92 Å². The van der Waals surface area contributed by atoms with Crippen LogP contribution in [0.25, 0.3) is 0 Å². The second kappa shape index (κ2) is 9.12. The number of carbonyl (C=O) groups excluding carboxylic acids is 1. The molecule has 30 heavy (non-hydrogen) atoms. The van der Waals surface area contributed by atoms with Gasteiger partial charge in [0.05, 0.1) is 19.1 Å². The Morgan fingerprint density at radius 1 is 0.967 bits per heavy atom. The Morgan fingerprint density at radius 3 is 2.60 bits per heavy atom. The highest BCUT2D eigenvalue weighted by Gasteiger charge is 2.34. The Bertz CT molecular complexity index is 744. The summed E-state index contributed by atoms with van der Waals surface area (Å²) in [7, 11) is 0. The maximum absolute atomic E-state index is 12.9. The molecule has 0 bridgehead atoms. The van der Waals surface area contributed by atoms with E-state index in [1.807, 2.05) is 11.0 Å². The number of ether oxygens (including phenoxy) is 3. The minimum Gasteiger partial charge on any atom is -0.454 e. The molecule has 0 aliphatic carbocycles. The predicted molar refractivity (Wildman–Crippen MR) is 113 cm³/mol. The van der Waals surface area contributed by atoms with E-state index in [9.17, 15) is 4.79 Å². The summed E-state index contributed by atoms with van der Waals surface area (Å²) < 4.78 is 16.3. The first-order chi connectivity index (χ1) is 14.8. The Morgan fingerprint density at radius 2 is 1.77 bits per heavy atom. The fourth-order valence-electron chi connectivity index (χ4n) is 5.32. The van der Waals surface area contributed by atoms with Crippen LogP contribution in [0.3, 0.4) is 0 Å². The van der Waals surface area contributed by atoms with E-state index in [0.717, 1.165) is 70.2 Å². The number of hydrogen-bond donors (Lipinski definition) is 0. The summed E-state index contributed by atoms with van der Waals surface area (Å²) in [6.07, 6.45) is 4.54. The number of hydrogen-bond acceptors (Lipinski definition) is 6. The van der Waals surface area contributed by atoms with Crippen LogP contribution in [0.5, 0.6) is 11.5 Å². The third-order valence-electron chi connectivity index (χ3n) is 7.04. The molecule has 1 aromatic carbocycles. The van der Waals surface area contributed by atoms with Crippen LogP contribution >= 0.6 is 0 Å². The van der Waals surface area contributed by atoms with Crippen molar-refractivity contribution in [3.8, 4) is 11.5 Å². The molecule has 7 nitrogen and oxygen atoms in total. The molecule has 4 aliphatic rings. The van der Waals surface area contributed by atoms with E-state index in [2.05, 4.69) is 21.9 Å². The van der Waals surface area contributed by atoms with Gasteiger partial charge in [-0.15, -0.1) is 0 Å². The van der Waals surface area contributed by atoms with Crippen LogP contribution in [-0.2, 0) is 16.1 Å². The largest absolute Gasteiger partial charge is 0.454 e. The van der Waals surface area contributed by atoms with Crippen molar-refractivity contribution in [1.29, 1.82) is 0 Å². The second-order valence-electron chi connectivity index (χ2n) is 8.97. The SMILES string of the molecule is O=C(C1CCCN(C2CCN(Cc3ccc4c(c3)OCO4)CC2)C1)N1CCOCC1. The first-order valence-corrected chi connectivity index (χ1v) is 11.5. The number of carbonyl (C=O) groups is 1. The van der Waals surface area contributed by atoms with Crippen molar-refractivity contribution >= 4 is 5.91 Å². The summed E-state index contributed by atoms with van der Waals surface area (Å²) in [5.41, 5.74) is 1.28. The van der Waals surface area contributed by atoms with E-state index in [4.69, 9.17) is 14.2 Å². The third kappa shape index (κ3) is 4.43. The number of nitrogens with zero attached hydrogens (tertiary/aromatic N) is 3. The minimum absolute atomic E-state index is 0.170. The van der Waals surface area contributed by atoms with E-state index >= 15 is 0 Å². The van der Waals surface area contributed by atoms with E-state index < -0.39 is 0 Å². The summed E-state index contributed by atoms with van der Waals surface area (Å²) in [4.78, 5) is 20.1. The molecule has 164 valence electrons. The van der Waals surface area contributed by atoms with E-state index in [1.54, 1.807) is 0 Å². The van der Waals surface area contributed by atoms with Gasteiger partial charge < -0.3 is 19.1 Å². The highest BCUT2D eigenvalue weighted by atomic mass is 16.7. The predicted octanol–water partition coefficient (Wildman–Crippen LogP) is 1.95. The Labute approximate surface area is 178 Å². The molecule has 1 atom stereocenters. The van der Waals surface area contributed by atoms with Crippen LogP contribution in [0.1, 0.15) is 31.2 Å². The van der Waals surface area contributed by atoms with Gasteiger partial charge in [0.25, 0.3) is 0 Å². The molecule has 1 aromatic rings. The lowest BCUT2D eigenvalue weighted by atomic mass is 9.92. The van der Waals surface area contributed by atoms with Crippen molar-refractivity contribution < 1.29 is 19.0 Å².